The Balaban J connectivity index is 2.60. The van der Waals surface area contributed by atoms with Crippen LogP contribution >= 0.6 is 11.3 Å². The van der Waals surface area contributed by atoms with Gasteiger partial charge in [-0.3, -0.25) is 0 Å². The highest BCUT2D eigenvalue weighted by molar-refractivity contribution is 7.13. The number of nitrogens with zero attached hydrogens (tertiary/aromatic N) is 1. The molecule has 1 aromatic heterocycles. The van der Waals surface area contributed by atoms with Crippen molar-refractivity contribution in [2.75, 3.05) is 11.9 Å². The van der Waals surface area contributed by atoms with Crippen molar-refractivity contribution in [1.29, 1.82) is 0 Å². The van der Waals surface area contributed by atoms with Crippen LogP contribution in [-0.4, -0.2) is 22.7 Å². The van der Waals surface area contributed by atoms with E-state index in [1.807, 2.05) is 5.38 Å². The van der Waals surface area contributed by atoms with Gasteiger partial charge in [0, 0.05) is 24.2 Å². The van der Waals surface area contributed by atoms with Gasteiger partial charge >= 0.3 is 0 Å². The minimum atomic E-state index is 0.133. The van der Waals surface area contributed by atoms with Gasteiger partial charge in [0.1, 0.15) is 0 Å². The summed E-state index contributed by atoms with van der Waals surface area (Å²) in [4.78, 5) is 4.18. The molecule has 0 saturated heterocycles. The normalized spacial score (nSPS) is 14.0. The van der Waals surface area contributed by atoms with Crippen molar-refractivity contribution in [3.05, 3.63) is 11.6 Å². The minimum absolute atomic E-state index is 0.133. The fourth-order valence-electron chi connectivity index (χ4n) is 1.29. The van der Waals surface area contributed by atoms with Gasteiger partial charge in [-0.2, -0.15) is 0 Å². The molecule has 2 N–H and O–H groups in total. The third-order valence-corrected chi connectivity index (χ3v) is 2.90. The Morgan fingerprint density at radius 1 is 1.57 bits per heavy atom. The molecule has 0 fully saturated rings. The summed E-state index contributed by atoms with van der Waals surface area (Å²) in [7, 11) is 0. The Kier molecular flexibility index (Phi) is 3.89. The van der Waals surface area contributed by atoms with Crippen molar-refractivity contribution in [3.63, 3.8) is 0 Å². The van der Waals surface area contributed by atoms with Gasteiger partial charge in [0.2, 0.25) is 0 Å². The molecule has 0 saturated carbocycles. The second-order valence-corrected chi connectivity index (χ2v) is 5.31. The first-order valence-corrected chi connectivity index (χ1v) is 5.69. The van der Waals surface area contributed by atoms with E-state index < -0.39 is 0 Å². The summed E-state index contributed by atoms with van der Waals surface area (Å²) < 4.78 is 0. The number of thiazole rings is 1. The maximum Gasteiger partial charge on any atom is 0.182 e. The van der Waals surface area contributed by atoms with Crippen LogP contribution < -0.4 is 5.32 Å². The summed E-state index contributed by atoms with van der Waals surface area (Å²) in [6, 6.07) is 0.263. The number of nitrogens with one attached hydrogen (secondary N) is 1. The van der Waals surface area contributed by atoms with E-state index in [1.165, 1.54) is 0 Å². The summed E-state index contributed by atoms with van der Waals surface area (Å²) in [6.07, 6.45) is 2.54. The summed E-state index contributed by atoms with van der Waals surface area (Å²) in [6.45, 7) is 6.69. The van der Waals surface area contributed by atoms with Gasteiger partial charge in [-0.1, -0.05) is 20.8 Å². The molecule has 0 spiro atoms. The lowest BCUT2D eigenvalue weighted by atomic mass is 9.85. The number of rotatable bonds is 4. The zero-order chi connectivity index (χ0) is 10.6. The van der Waals surface area contributed by atoms with E-state index in [9.17, 15) is 0 Å². The van der Waals surface area contributed by atoms with Crippen molar-refractivity contribution >= 4 is 16.5 Å². The zero-order valence-corrected chi connectivity index (χ0v) is 9.77. The molecule has 1 heterocycles. The molecule has 80 valence electrons. The average Bonchev–Trinajstić information content (AvgIpc) is 2.54. The molecule has 0 aliphatic rings. The molecule has 0 bridgehead atoms. The molecule has 0 aliphatic carbocycles. The number of anilines is 1. The quantitative estimate of drug-likeness (QED) is 0.808. The van der Waals surface area contributed by atoms with Crippen molar-refractivity contribution in [3.8, 4) is 0 Å². The monoisotopic (exact) mass is 214 g/mol. The first-order valence-electron chi connectivity index (χ1n) is 4.81. The van der Waals surface area contributed by atoms with Gasteiger partial charge in [-0.15, -0.1) is 11.3 Å². The molecule has 0 amide bonds. The van der Waals surface area contributed by atoms with E-state index in [2.05, 4.69) is 31.1 Å². The van der Waals surface area contributed by atoms with Crippen LogP contribution in [0.25, 0.3) is 0 Å². The molecule has 1 rings (SSSR count). The number of aliphatic hydroxyl groups excluding tert-OH is 1. The molecular weight excluding hydrogens is 196 g/mol. The molecule has 0 aliphatic heterocycles. The molecule has 1 aromatic rings. The van der Waals surface area contributed by atoms with Crippen molar-refractivity contribution in [2.45, 2.75) is 33.2 Å². The van der Waals surface area contributed by atoms with E-state index >= 15 is 0 Å². The van der Waals surface area contributed by atoms with Crippen LogP contribution in [0.1, 0.15) is 27.2 Å². The van der Waals surface area contributed by atoms with E-state index in [-0.39, 0.29) is 18.1 Å². The van der Waals surface area contributed by atoms with Crippen molar-refractivity contribution in [1.82, 2.24) is 4.98 Å². The topological polar surface area (TPSA) is 45.1 Å². The van der Waals surface area contributed by atoms with Gasteiger partial charge in [0.05, 0.1) is 0 Å². The van der Waals surface area contributed by atoms with Crippen molar-refractivity contribution < 1.29 is 5.11 Å². The molecule has 0 radical (unpaired) electrons. The maximum atomic E-state index is 8.97. The summed E-state index contributed by atoms with van der Waals surface area (Å²) in [5.74, 6) is 0. The van der Waals surface area contributed by atoms with Gasteiger partial charge in [0.15, 0.2) is 5.13 Å². The van der Waals surface area contributed by atoms with Crippen LogP contribution in [0.3, 0.4) is 0 Å². The van der Waals surface area contributed by atoms with Crippen molar-refractivity contribution in [2.24, 2.45) is 5.41 Å². The number of hydrogen-bond donors (Lipinski definition) is 2. The predicted octanol–water partition coefficient (Wildman–Crippen LogP) is 2.35. The van der Waals surface area contributed by atoms with E-state index in [0.717, 1.165) is 11.6 Å². The molecule has 14 heavy (non-hydrogen) atoms. The Labute approximate surface area is 89.2 Å². The smallest absolute Gasteiger partial charge is 0.182 e. The Bertz CT molecular complexity index is 254. The highest BCUT2D eigenvalue weighted by atomic mass is 32.1. The highest BCUT2D eigenvalue weighted by Gasteiger charge is 2.24. The highest BCUT2D eigenvalue weighted by Crippen LogP contribution is 2.26. The Morgan fingerprint density at radius 2 is 2.29 bits per heavy atom. The van der Waals surface area contributed by atoms with Gasteiger partial charge in [-0.05, 0) is 11.8 Å². The lowest BCUT2D eigenvalue weighted by Crippen LogP contribution is -2.34. The SMILES string of the molecule is CC(C)(C)C(CCO)Nc1nccs1. The van der Waals surface area contributed by atoms with Crippen LogP contribution in [0.5, 0.6) is 0 Å². The lowest BCUT2D eigenvalue weighted by Gasteiger charge is -2.30. The summed E-state index contributed by atoms with van der Waals surface area (Å²) >= 11 is 1.59. The van der Waals surface area contributed by atoms with Crippen LogP contribution in [0.2, 0.25) is 0 Å². The van der Waals surface area contributed by atoms with E-state index in [1.54, 1.807) is 17.5 Å². The average molecular weight is 214 g/mol. The summed E-state index contributed by atoms with van der Waals surface area (Å²) in [5.41, 5.74) is 0.133. The number of hydrogen-bond acceptors (Lipinski definition) is 4. The first kappa shape index (κ1) is 11.5. The molecule has 3 nitrogen and oxygen atoms in total. The van der Waals surface area contributed by atoms with Crippen LogP contribution in [0.15, 0.2) is 11.6 Å². The van der Waals surface area contributed by atoms with Gasteiger partial charge in [0.25, 0.3) is 0 Å². The Hall–Kier alpha value is -0.610. The van der Waals surface area contributed by atoms with Gasteiger partial charge in [-0.25, -0.2) is 4.98 Å². The lowest BCUT2D eigenvalue weighted by molar-refractivity contribution is 0.235. The van der Waals surface area contributed by atoms with E-state index in [0.29, 0.717) is 0 Å². The third kappa shape index (κ3) is 3.27. The molecule has 1 unspecified atom stereocenters. The summed E-state index contributed by atoms with van der Waals surface area (Å²) in [5, 5.41) is 15.2. The van der Waals surface area contributed by atoms with Gasteiger partial charge < -0.3 is 10.4 Å². The van der Waals surface area contributed by atoms with E-state index in [4.69, 9.17) is 5.11 Å². The minimum Gasteiger partial charge on any atom is -0.396 e. The van der Waals surface area contributed by atoms with Crippen LogP contribution in [0.4, 0.5) is 5.13 Å². The Morgan fingerprint density at radius 3 is 2.71 bits per heavy atom. The second kappa shape index (κ2) is 4.75. The maximum absolute atomic E-state index is 8.97. The first-order chi connectivity index (χ1) is 6.54. The fourth-order valence-corrected chi connectivity index (χ4v) is 1.88. The third-order valence-electron chi connectivity index (χ3n) is 2.19. The second-order valence-electron chi connectivity index (χ2n) is 4.41. The number of aromatic nitrogens is 1. The number of aliphatic hydroxyl groups is 1. The molecule has 1 atom stereocenters. The fraction of sp³-hybridized carbons (Fsp3) is 0.700. The molecule has 0 aromatic carbocycles. The molecule has 4 heteroatoms. The largest absolute Gasteiger partial charge is 0.396 e. The predicted molar refractivity (Wildman–Crippen MR) is 60.7 cm³/mol. The van der Waals surface area contributed by atoms with Crippen LogP contribution in [-0.2, 0) is 0 Å². The molecular formula is C10H18N2OS. The van der Waals surface area contributed by atoms with Crippen LogP contribution in [0, 0.1) is 5.41 Å². The standard InChI is InChI=1S/C10H18N2OS/c1-10(2,3)8(4-6-13)12-9-11-5-7-14-9/h5,7-8,13H,4,6H2,1-3H3,(H,11,12). The zero-order valence-electron chi connectivity index (χ0n) is 8.95.